The van der Waals surface area contributed by atoms with Crippen LogP contribution in [0.2, 0.25) is 0 Å². The molecule has 0 saturated carbocycles. The average molecular weight is 383 g/mol. The smallest absolute Gasteiger partial charge is 0.508 e. The fraction of sp³-hybridized carbons (Fsp3) is 0.278. The molecule has 1 atom stereocenters. The lowest BCUT2D eigenvalue weighted by Crippen LogP contribution is -2.30. The molecule has 0 spiro atoms. The highest BCUT2D eigenvalue weighted by atomic mass is 32.2. The van der Waals surface area contributed by atoms with Crippen molar-refractivity contribution in [3.05, 3.63) is 59.7 Å². The van der Waals surface area contributed by atoms with Crippen LogP contribution in [0, 0.1) is 0 Å². The van der Waals surface area contributed by atoms with Crippen LogP contribution in [-0.4, -0.2) is 34.6 Å². The predicted octanol–water partition coefficient (Wildman–Crippen LogP) is 4.11. The largest absolute Gasteiger partial charge is 0.573 e. The number of ether oxygens (including phenoxy) is 1. The maximum absolute atomic E-state index is 12.4. The summed E-state index contributed by atoms with van der Waals surface area (Å²) >= 11 is 1.38. The van der Waals surface area contributed by atoms with Gasteiger partial charge in [-0.3, -0.25) is 4.79 Å². The minimum absolute atomic E-state index is 0.0547. The van der Waals surface area contributed by atoms with Crippen molar-refractivity contribution in [3.63, 3.8) is 0 Å². The number of phenols is 1. The zero-order valence-corrected chi connectivity index (χ0v) is 14.4. The number of hydrogen-bond donors (Lipinski definition) is 1. The molecule has 8 heteroatoms. The van der Waals surface area contributed by atoms with Crippen LogP contribution in [0.4, 0.5) is 13.2 Å². The minimum atomic E-state index is -4.75. The zero-order chi connectivity index (χ0) is 18.7. The topological polar surface area (TPSA) is 49.8 Å². The molecule has 1 unspecified atom stereocenters. The molecule has 0 radical (unpaired) electrons. The molecule has 1 amide bonds. The molecule has 2 aromatic carbocycles. The highest BCUT2D eigenvalue weighted by Crippen LogP contribution is 2.40. The number of aromatic hydroxyl groups is 1. The first-order valence-electron chi connectivity index (χ1n) is 7.86. The number of benzene rings is 2. The Bertz CT molecular complexity index is 780. The molecule has 1 heterocycles. The Balaban J connectivity index is 1.73. The second kappa shape index (κ2) is 7.49. The molecule has 1 aliphatic rings. The molecule has 2 aromatic rings. The van der Waals surface area contributed by atoms with E-state index in [9.17, 15) is 23.1 Å². The quantitative estimate of drug-likeness (QED) is 0.844. The number of alkyl halides is 3. The summed E-state index contributed by atoms with van der Waals surface area (Å²) in [4.78, 5) is 13.9. The summed E-state index contributed by atoms with van der Waals surface area (Å²) in [5.41, 5.74) is 1.55. The van der Waals surface area contributed by atoms with E-state index in [0.29, 0.717) is 18.5 Å². The molecule has 0 aromatic heterocycles. The van der Waals surface area contributed by atoms with Crippen molar-refractivity contribution in [2.45, 2.75) is 18.2 Å². The van der Waals surface area contributed by atoms with Crippen molar-refractivity contribution in [3.8, 4) is 11.5 Å². The summed E-state index contributed by atoms with van der Waals surface area (Å²) in [6.07, 6.45) is -4.17. The predicted molar refractivity (Wildman–Crippen MR) is 91.8 cm³/mol. The number of phenolic OH excluding ortho intramolecular Hbond substituents is 1. The second-order valence-electron chi connectivity index (χ2n) is 5.79. The van der Waals surface area contributed by atoms with Gasteiger partial charge in [0.2, 0.25) is 5.91 Å². The zero-order valence-electron chi connectivity index (χ0n) is 13.6. The van der Waals surface area contributed by atoms with E-state index in [1.165, 1.54) is 30.0 Å². The van der Waals surface area contributed by atoms with Crippen LogP contribution in [0.1, 0.15) is 16.5 Å². The lowest BCUT2D eigenvalue weighted by molar-refractivity contribution is -0.274. The van der Waals surface area contributed by atoms with Gasteiger partial charge in [-0.05, 0) is 41.8 Å². The van der Waals surface area contributed by atoms with Gasteiger partial charge in [-0.2, -0.15) is 0 Å². The monoisotopic (exact) mass is 383 g/mol. The lowest BCUT2D eigenvalue weighted by atomic mass is 10.1. The molecule has 0 aliphatic carbocycles. The van der Waals surface area contributed by atoms with E-state index in [1.54, 1.807) is 35.2 Å². The van der Waals surface area contributed by atoms with E-state index in [1.807, 2.05) is 0 Å². The highest BCUT2D eigenvalue weighted by molar-refractivity contribution is 8.00. The van der Waals surface area contributed by atoms with E-state index in [-0.39, 0.29) is 28.5 Å². The van der Waals surface area contributed by atoms with E-state index in [4.69, 9.17) is 0 Å². The van der Waals surface area contributed by atoms with Gasteiger partial charge in [0.15, 0.2) is 0 Å². The van der Waals surface area contributed by atoms with Gasteiger partial charge in [0, 0.05) is 6.54 Å². The molecule has 4 nitrogen and oxygen atoms in total. The van der Waals surface area contributed by atoms with Gasteiger partial charge in [-0.15, -0.1) is 24.9 Å². The molecule has 1 fully saturated rings. The number of rotatable bonds is 5. The van der Waals surface area contributed by atoms with Gasteiger partial charge < -0.3 is 14.7 Å². The fourth-order valence-corrected chi connectivity index (χ4v) is 3.96. The van der Waals surface area contributed by atoms with Crippen molar-refractivity contribution in [1.82, 2.24) is 4.90 Å². The third-order valence-corrected chi connectivity index (χ3v) is 5.18. The summed E-state index contributed by atoms with van der Waals surface area (Å²) in [5, 5.41) is 8.97. The summed E-state index contributed by atoms with van der Waals surface area (Å²) < 4.78 is 41.2. The van der Waals surface area contributed by atoms with Crippen LogP contribution in [0.25, 0.3) is 0 Å². The van der Waals surface area contributed by atoms with E-state index >= 15 is 0 Å². The Labute approximate surface area is 152 Å². The van der Waals surface area contributed by atoms with Crippen LogP contribution >= 0.6 is 11.8 Å². The molecular weight excluding hydrogens is 367 g/mol. The van der Waals surface area contributed by atoms with Gasteiger partial charge >= 0.3 is 6.36 Å². The average Bonchev–Trinajstić information content (AvgIpc) is 2.94. The Morgan fingerprint density at radius 3 is 2.62 bits per heavy atom. The van der Waals surface area contributed by atoms with Crippen LogP contribution in [-0.2, 0) is 11.2 Å². The second-order valence-corrected chi connectivity index (χ2v) is 6.86. The molecule has 1 saturated heterocycles. The van der Waals surface area contributed by atoms with Crippen molar-refractivity contribution in [2.24, 2.45) is 0 Å². The van der Waals surface area contributed by atoms with E-state index in [0.717, 1.165) is 5.56 Å². The first-order chi connectivity index (χ1) is 12.3. The number of thioether (sulfide) groups is 1. The Kier molecular flexibility index (Phi) is 5.31. The van der Waals surface area contributed by atoms with Crippen molar-refractivity contribution in [1.29, 1.82) is 0 Å². The third-order valence-electron chi connectivity index (χ3n) is 3.92. The number of amides is 1. The summed E-state index contributed by atoms with van der Waals surface area (Å²) in [6.45, 7) is 0.436. The summed E-state index contributed by atoms with van der Waals surface area (Å²) in [6, 6.07) is 12.4. The SMILES string of the molecule is O=C1CSC(c2cccc(OC(F)(F)F)c2)N1CCc1ccc(O)cc1. The first-order valence-corrected chi connectivity index (χ1v) is 8.91. The first kappa shape index (κ1) is 18.4. The standard InChI is InChI=1S/C18H16F3NO3S/c19-18(20,21)25-15-3-1-2-13(10-15)17-22(16(24)11-26-17)9-8-12-4-6-14(23)7-5-12/h1-7,10,17,23H,8-9,11H2. The lowest BCUT2D eigenvalue weighted by Gasteiger charge is -2.24. The molecule has 1 N–H and O–H groups in total. The van der Waals surface area contributed by atoms with Gasteiger partial charge in [0.1, 0.15) is 16.9 Å². The number of halogens is 3. The van der Waals surface area contributed by atoms with Crippen LogP contribution in [0.15, 0.2) is 48.5 Å². The van der Waals surface area contributed by atoms with E-state index in [2.05, 4.69) is 4.74 Å². The van der Waals surface area contributed by atoms with Crippen molar-refractivity contribution < 1.29 is 27.8 Å². The Hall–Kier alpha value is -2.35. The van der Waals surface area contributed by atoms with Gasteiger partial charge in [0.05, 0.1) is 5.75 Å². The summed E-state index contributed by atoms with van der Waals surface area (Å²) in [7, 11) is 0. The Morgan fingerprint density at radius 1 is 1.19 bits per heavy atom. The number of nitrogens with zero attached hydrogens (tertiary/aromatic N) is 1. The van der Waals surface area contributed by atoms with Gasteiger partial charge in [0.25, 0.3) is 0 Å². The minimum Gasteiger partial charge on any atom is -0.508 e. The number of carbonyl (C=O) groups excluding carboxylic acids is 1. The van der Waals surface area contributed by atoms with Crippen molar-refractivity contribution in [2.75, 3.05) is 12.3 Å². The molecular formula is C18H16F3NO3S. The molecule has 138 valence electrons. The normalized spacial score (nSPS) is 17.6. The molecule has 3 rings (SSSR count). The number of hydrogen-bond acceptors (Lipinski definition) is 4. The van der Waals surface area contributed by atoms with Gasteiger partial charge in [-0.1, -0.05) is 24.3 Å². The highest BCUT2D eigenvalue weighted by Gasteiger charge is 2.34. The molecule has 1 aliphatic heterocycles. The summed E-state index contributed by atoms with van der Waals surface area (Å²) in [5.74, 6) is 0.0974. The third kappa shape index (κ3) is 4.63. The van der Waals surface area contributed by atoms with E-state index < -0.39 is 6.36 Å². The fourth-order valence-electron chi connectivity index (χ4n) is 2.75. The molecule has 0 bridgehead atoms. The van der Waals surface area contributed by atoms with Crippen molar-refractivity contribution >= 4 is 17.7 Å². The maximum Gasteiger partial charge on any atom is 0.573 e. The number of carbonyl (C=O) groups is 1. The maximum atomic E-state index is 12.4. The van der Waals surface area contributed by atoms with Crippen LogP contribution < -0.4 is 4.74 Å². The molecule has 26 heavy (non-hydrogen) atoms. The van der Waals surface area contributed by atoms with Crippen LogP contribution in [0.5, 0.6) is 11.5 Å². The van der Waals surface area contributed by atoms with Crippen LogP contribution in [0.3, 0.4) is 0 Å². The van der Waals surface area contributed by atoms with Gasteiger partial charge in [-0.25, -0.2) is 0 Å². The Morgan fingerprint density at radius 2 is 1.92 bits per heavy atom.